The normalized spacial score (nSPS) is 14.1. The Morgan fingerprint density at radius 2 is 1.74 bits per heavy atom. The highest BCUT2D eigenvalue weighted by atomic mass is 19.3. The molecule has 3 heterocycles. The maximum atomic E-state index is 14.2. The number of hydrogen-bond acceptors (Lipinski definition) is 8. The first kappa shape index (κ1) is 28.7. The fourth-order valence-electron chi connectivity index (χ4n) is 4.06. The molecular weight excluding hydrogens is 508 g/mol. The second-order valence-electron chi connectivity index (χ2n) is 8.65. The van der Waals surface area contributed by atoms with Gasteiger partial charge in [0.15, 0.2) is 11.6 Å². The van der Waals surface area contributed by atoms with Crippen molar-refractivity contribution in [3.05, 3.63) is 53.7 Å². The predicted molar refractivity (Wildman–Crippen MR) is 132 cm³/mol. The number of aromatic nitrogens is 3. The molecule has 1 saturated heterocycles. The van der Waals surface area contributed by atoms with Crippen molar-refractivity contribution in [3.63, 3.8) is 0 Å². The summed E-state index contributed by atoms with van der Waals surface area (Å²) in [5.74, 6) is -2.98. The molecule has 0 bridgehead atoms. The lowest BCUT2D eigenvalue weighted by Gasteiger charge is -2.38. The number of nitrogens with zero attached hydrogens (tertiary/aromatic N) is 6. The molecule has 0 unspecified atom stereocenters. The van der Waals surface area contributed by atoms with Crippen molar-refractivity contribution in [2.75, 3.05) is 37.0 Å². The third kappa shape index (κ3) is 6.91. The molecule has 9 nitrogen and oxygen atoms in total. The van der Waals surface area contributed by atoms with Gasteiger partial charge in [0.2, 0.25) is 12.3 Å². The minimum absolute atomic E-state index is 0.0325. The third-order valence-corrected chi connectivity index (χ3v) is 6.10. The maximum absolute atomic E-state index is 14.2. The van der Waals surface area contributed by atoms with E-state index in [2.05, 4.69) is 20.1 Å². The molecule has 1 aromatic carbocycles. The zero-order valence-corrected chi connectivity index (χ0v) is 21.2. The molecule has 3 aromatic rings. The molecule has 1 aliphatic rings. The number of hydrogen-bond donors (Lipinski definition) is 0. The first-order valence-corrected chi connectivity index (χ1v) is 11.8. The Bertz CT molecular complexity index is 1220. The second-order valence-corrected chi connectivity index (χ2v) is 8.65. The van der Waals surface area contributed by atoms with Crippen molar-refractivity contribution in [2.24, 2.45) is 0 Å². The summed E-state index contributed by atoms with van der Waals surface area (Å²) in [6.45, 7) is 3.16. The number of alkyl halides is 2. The zero-order valence-electron chi connectivity index (χ0n) is 21.2. The van der Waals surface area contributed by atoms with Crippen LogP contribution in [-0.4, -0.2) is 66.0 Å². The average molecular weight is 537 g/mol. The van der Waals surface area contributed by atoms with Gasteiger partial charge < -0.3 is 23.9 Å². The van der Waals surface area contributed by atoms with Crippen LogP contribution in [0.1, 0.15) is 37.8 Å². The molecule has 1 amide bonds. The van der Waals surface area contributed by atoms with Crippen LogP contribution in [0.15, 0.2) is 34.9 Å². The number of piperidine rings is 1. The van der Waals surface area contributed by atoms with Crippen LogP contribution in [0.2, 0.25) is 0 Å². The summed E-state index contributed by atoms with van der Waals surface area (Å²) < 4.78 is 58.7. The van der Waals surface area contributed by atoms with Crippen LogP contribution in [0.5, 0.6) is 0 Å². The number of aldehydes is 1. The monoisotopic (exact) mass is 536 g/mol. The van der Waals surface area contributed by atoms with Crippen LogP contribution in [0.25, 0.3) is 11.5 Å². The average Bonchev–Trinajstić information content (AvgIpc) is 3.40. The molecule has 1 fully saturated rings. The number of amides is 1. The molecule has 0 aliphatic carbocycles. The molecular formula is C25H28F4N6O3. The van der Waals surface area contributed by atoms with E-state index in [9.17, 15) is 22.4 Å². The SMILES string of the molecule is CC=O.CN1CCC(N(C)c2cc(F)c(F)cc2N(C=O)Cc2ccc(-c3nnc(C(F)F)o3)cn2)CC1. The minimum atomic E-state index is -2.89. The summed E-state index contributed by atoms with van der Waals surface area (Å²) in [5.41, 5.74) is 1.35. The number of benzene rings is 1. The van der Waals surface area contributed by atoms with Crippen molar-refractivity contribution in [3.8, 4) is 11.5 Å². The third-order valence-electron chi connectivity index (χ3n) is 6.10. The van der Waals surface area contributed by atoms with Crippen molar-refractivity contribution in [2.45, 2.75) is 38.8 Å². The van der Waals surface area contributed by atoms with E-state index in [1.165, 1.54) is 24.1 Å². The van der Waals surface area contributed by atoms with Gasteiger partial charge in [-0.15, -0.1) is 10.2 Å². The highest BCUT2D eigenvalue weighted by Crippen LogP contribution is 2.34. The number of halogens is 4. The lowest BCUT2D eigenvalue weighted by atomic mass is 10.0. The first-order chi connectivity index (χ1) is 18.2. The number of rotatable bonds is 8. The molecule has 0 radical (unpaired) electrons. The van der Waals surface area contributed by atoms with Gasteiger partial charge in [-0.2, -0.15) is 8.78 Å². The zero-order chi connectivity index (χ0) is 27.8. The Morgan fingerprint density at radius 1 is 1.11 bits per heavy atom. The lowest BCUT2D eigenvalue weighted by molar-refractivity contribution is -0.107. The van der Waals surface area contributed by atoms with E-state index in [0.29, 0.717) is 23.4 Å². The molecule has 0 spiro atoms. The van der Waals surface area contributed by atoms with E-state index >= 15 is 0 Å². The highest BCUT2D eigenvalue weighted by molar-refractivity contribution is 5.84. The van der Waals surface area contributed by atoms with Gasteiger partial charge in [0.25, 0.3) is 5.89 Å². The fourth-order valence-corrected chi connectivity index (χ4v) is 4.06. The summed E-state index contributed by atoms with van der Waals surface area (Å²) >= 11 is 0. The van der Waals surface area contributed by atoms with Gasteiger partial charge in [-0.25, -0.2) is 8.78 Å². The van der Waals surface area contributed by atoms with E-state index in [0.717, 1.165) is 44.4 Å². The molecule has 0 atom stereocenters. The largest absolute Gasteiger partial charge is 0.415 e. The predicted octanol–water partition coefficient (Wildman–Crippen LogP) is 4.25. The molecule has 4 rings (SSSR count). The Labute approximate surface area is 217 Å². The van der Waals surface area contributed by atoms with Crippen LogP contribution < -0.4 is 9.80 Å². The Balaban J connectivity index is 0.00000127. The van der Waals surface area contributed by atoms with Crippen LogP contribution in [-0.2, 0) is 16.1 Å². The molecule has 0 saturated carbocycles. The van der Waals surface area contributed by atoms with Gasteiger partial charge in [-0.1, -0.05) is 0 Å². The van der Waals surface area contributed by atoms with E-state index in [1.807, 2.05) is 11.9 Å². The standard InChI is InChI=1S/C23H24F4N6O2.C2H4O/c1-31-7-5-16(6-8-31)32(2)19-9-17(24)18(25)10-20(19)33(13-34)12-15-4-3-14(11-28-15)22-29-30-23(35-22)21(26)27;1-2-3/h3-4,9-11,13,16,21H,5-8,12H2,1-2H3;2H,1H3. The number of carbonyl (C=O) groups is 2. The van der Waals surface area contributed by atoms with Gasteiger partial charge in [0.1, 0.15) is 6.29 Å². The molecule has 204 valence electrons. The quantitative estimate of drug-likeness (QED) is 0.312. The number of anilines is 2. The van der Waals surface area contributed by atoms with E-state index in [-0.39, 0.29) is 24.2 Å². The Kier molecular flexibility index (Phi) is 9.88. The smallest absolute Gasteiger partial charge is 0.314 e. The van der Waals surface area contributed by atoms with Crippen LogP contribution >= 0.6 is 0 Å². The van der Waals surface area contributed by atoms with E-state index in [4.69, 9.17) is 9.21 Å². The first-order valence-electron chi connectivity index (χ1n) is 11.8. The van der Waals surface area contributed by atoms with E-state index < -0.39 is 24.0 Å². The van der Waals surface area contributed by atoms with Gasteiger partial charge in [-0.3, -0.25) is 9.78 Å². The van der Waals surface area contributed by atoms with Crippen molar-refractivity contribution in [1.82, 2.24) is 20.1 Å². The summed E-state index contributed by atoms with van der Waals surface area (Å²) in [4.78, 5) is 30.4. The Morgan fingerprint density at radius 3 is 2.26 bits per heavy atom. The van der Waals surface area contributed by atoms with Crippen molar-refractivity contribution in [1.29, 1.82) is 0 Å². The summed E-state index contributed by atoms with van der Waals surface area (Å²) in [7, 11) is 3.84. The van der Waals surface area contributed by atoms with Gasteiger partial charge in [0.05, 0.1) is 29.2 Å². The lowest BCUT2D eigenvalue weighted by Crippen LogP contribution is -2.42. The number of pyridine rings is 1. The number of likely N-dealkylation sites (tertiary alicyclic amines) is 1. The summed E-state index contributed by atoms with van der Waals surface area (Å²) in [6.07, 6.45) is 1.43. The van der Waals surface area contributed by atoms with Gasteiger partial charge in [-0.05, 0) is 52.0 Å². The summed E-state index contributed by atoms with van der Waals surface area (Å²) in [6, 6.07) is 5.30. The van der Waals surface area contributed by atoms with E-state index in [1.54, 1.807) is 13.1 Å². The fraction of sp³-hybridized carbons (Fsp3) is 0.400. The van der Waals surface area contributed by atoms with Crippen LogP contribution in [0.3, 0.4) is 0 Å². The van der Waals surface area contributed by atoms with Crippen LogP contribution in [0.4, 0.5) is 28.9 Å². The topological polar surface area (TPSA) is 95.7 Å². The molecule has 13 heteroatoms. The second kappa shape index (κ2) is 13.1. The Hall–Kier alpha value is -3.87. The van der Waals surface area contributed by atoms with Crippen molar-refractivity contribution < 1.29 is 31.6 Å². The molecule has 38 heavy (non-hydrogen) atoms. The van der Waals surface area contributed by atoms with Gasteiger partial charge >= 0.3 is 6.43 Å². The van der Waals surface area contributed by atoms with Crippen LogP contribution in [0, 0.1) is 11.6 Å². The molecule has 1 aliphatic heterocycles. The van der Waals surface area contributed by atoms with Gasteiger partial charge in [0, 0.05) is 31.4 Å². The minimum Gasteiger partial charge on any atom is -0.415 e. The summed E-state index contributed by atoms with van der Waals surface area (Å²) in [5, 5.41) is 6.85. The molecule has 0 N–H and O–H groups in total. The molecule has 2 aromatic heterocycles. The highest BCUT2D eigenvalue weighted by Gasteiger charge is 2.26. The maximum Gasteiger partial charge on any atom is 0.314 e. The number of carbonyl (C=O) groups excluding carboxylic acids is 2. The van der Waals surface area contributed by atoms with Crippen molar-refractivity contribution >= 4 is 24.1 Å².